The number of carboxylic acid groups (broad SMARTS) is 1. The zero-order valence-electron chi connectivity index (χ0n) is 15.4. The second-order valence-electron chi connectivity index (χ2n) is 7.67. The van der Waals surface area contributed by atoms with E-state index in [4.69, 9.17) is 4.74 Å². The Labute approximate surface area is 143 Å². The second-order valence-corrected chi connectivity index (χ2v) is 7.67. The van der Waals surface area contributed by atoms with E-state index in [1.54, 1.807) is 0 Å². The first-order valence-electron chi connectivity index (χ1n) is 9.98. The van der Waals surface area contributed by atoms with Gasteiger partial charge in [-0.25, -0.2) is 4.79 Å². The van der Waals surface area contributed by atoms with Crippen LogP contribution in [0.25, 0.3) is 0 Å². The molecule has 0 saturated heterocycles. The smallest absolute Gasteiger partial charge is 0.332 e. The maximum absolute atomic E-state index is 11.3. The molecule has 1 aliphatic rings. The van der Waals surface area contributed by atoms with Gasteiger partial charge in [-0.2, -0.15) is 0 Å². The van der Waals surface area contributed by atoms with Gasteiger partial charge in [0.25, 0.3) is 0 Å². The van der Waals surface area contributed by atoms with E-state index < -0.39 is 12.1 Å². The van der Waals surface area contributed by atoms with E-state index in [-0.39, 0.29) is 6.10 Å². The fraction of sp³-hybridized carbons (Fsp3) is 0.950. The van der Waals surface area contributed by atoms with Crippen LogP contribution in [0.4, 0.5) is 0 Å². The van der Waals surface area contributed by atoms with Crippen LogP contribution in [0.1, 0.15) is 104 Å². The summed E-state index contributed by atoms with van der Waals surface area (Å²) in [6.45, 7) is 4.57. The second kappa shape index (κ2) is 12.8. The van der Waals surface area contributed by atoms with Gasteiger partial charge < -0.3 is 9.84 Å². The van der Waals surface area contributed by atoms with Crippen molar-refractivity contribution in [1.29, 1.82) is 0 Å². The van der Waals surface area contributed by atoms with Crippen LogP contribution in [0, 0.1) is 5.92 Å². The van der Waals surface area contributed by atoms with Crippen molar-refractivity contribution >= 4 is 5.97 Å². The van der Waals surface area contributed by atoms with Crippen molar-refractivity contribution in [3.8, 4) is 0 Å². The largest absolute Gasteiger partial charge is 0.479 e. The third kappa shape index (κ3) is 10.8. The van der Waals surface area contributed by atoms with E-state index in [1.165, 1.54) is 57.8 Å². The summed E-state index contributed by atoms with van der Waals surface area (Å²) < 4.78 is 5.84. The van der Waals surface area contributed by atoms with Crippen LogP contribution >= 0.6 is 0 Å². The molecule has 1 fully saturated rings. The van der Waals surface area contributed by atoms with Crippen molar-refractivity contribution in [2.24, 2.45) is 5.92 Å². The molecule has 0 heterocycles. The monoisotopic (exact) mass is 326 g/mol. The van der Waals surface area contributed by atoms with Crippen molar-refractivity contribution in [1.82, 2.24) is 0 Å². The van der Waals surface area contributed by atoms with E-state index in [2.05, 4.69) is 13.8 Å². The molecule has 0 spiro atoms. The van der Waals surface area contributed by atoms with Gasteiger partial charge in [0.05, 0.1) is 6.10 Å². The lowest BCUT2D eigenvalue weighted by atomic mass is 9.97. The Morgan fingerprint density at radius 2 is 1.43 bits per heavy atom. The molecule has 0 aliphatic heterocycles. The van der Waals surface area contributed by atoms with Gasteiger partial charge in [0.1, 0.15) is 0 Å². The zero-order chi connectivity index (χ0) is 16.9. The van der Waals surface area contributed by atoms with Crippen LogP contribution < -0.4 is 0 Å². The fourth-order valence-electron chi connectivity index (χ4n) is 3.45. The van der Waals surface area contributed by atoms with Crippen LogP contribution in [0.15, 0.2) is 0 Å². The summed E-state index contributed by atoms with van der Waals surface area (Å²) in [6, 6.07) is 0. The number of unbranched alkanes of at least 4 members (excludes halogenated alkanes) is 6. The molecule has 0 aromatic rings. The summed E-state index contributed by atoms with van der Waals surface area (Å²) in [5, 5.41) is 9.32. The molecule has 1 N–H and O–H groups in total. The Morgan fingerprint density at radius 3 is 1.96 bits per heavy atom. The first kappa shape index (κ1) is 20.5. The molecule has 1 aliphatic carbocycles. The number of hydrogen-bond donors (Lipinski definition) is 1. The molecule has 3 heteroatoms. The van der Waals surface area contributed by atoms with Gasteiger partial charge in [-0.3, -0.25) is 0 Å². The molecule has 136 valence electrons. The van der Waals surface area contributed by atoms with Crippen LogP contribution in [0.5, 0.6) is 0 Å². The minimum absolute atomic E-state index is 0.186. The van der Waals surface area contributed by atoms with Crippen molar-refractivity contribution in [3.63, 3.8) is 0 Å². The van der Waals surface area contributed by atoms with E-state index in [0.717, 1.165) is 31.6 Å². The van der Waals surface area contributed by atoms with Crippen molar-refractivity contribution in [2.75, 3.05) is 0 Å². The Bertz CT molecular complexity index is 295. The van der Waals surface area contributed by atoms with E-state index >= 15 is 0 Å². The van der Waals surface area contributed by atoms with E-state index in [9.17, 15) is 9.90 Å². The lowest BCUT2D eigenvalue weighted by Gasteiger charge is -2.25. The molecule has 3 nitrogen and oxygen atoms in total. The molecule has 1 rings (SSSR count). The molecule has 0 aromatic carbocycles. The lowest BCUT2D eigenvalue weighted by Crippen LogP contribution is -2.30. The van der Waals surface area contributed by atoms with Gasteiger partial charge in [0.15, 0.2) is 6.10 Å². The molecule has 0 amide bonds. The number of carboxylic acids is 1. The van der Waals surface area contributed by atoms with Crippen LogP contribution in [0.2, 0.25) is 0 Å². The summed E-state index contributed by atoms with van der Waals surface area (Å²) in [4.78, 5) is 11.3. The molecule has 1 atom stereocenters. The molecule has 23 heavy (non-hydrogen) atoms. The minimum atomic E-state index is -0.774. The summed E-state index contributed by atoms with van der Waals surface area (Å²) in [5.41, 5.74) is 0. The molecule has 0 bridgehead atoms. The van der Waals surface area contributed by atoms with Crippen molar-refractivity contribution in [3.05, 3.63) is 0 Å². The van der Waals surface area contributed by atoms with Gasteiger partial charge in [-0.1, -0.05) is 84.5 Å². The third-order valence-electron chi connectivity index (χ3n) is 4.93. The number of carbonyl (C=O) groups is 1. The Kier molecular flexibility index (Phi) is 11.4. The highest BCUT2D eigenvalue weighted by molar-refractivity contribution is 5.72. The van der Waals surface area contributed by atoms with Crippen LogP contribution in [-0.4, -0.2) is 23.3 Å². The van der Waals surface area contributed by atoms with Crippen molar-refractivity contribution < 1.29 is 14.6 Å². The van der Waals surface area contributed by atoms with E-state index in [1.807, 2.05) is 0 Å². The summed E-state index contributed by atoms with van der Waals surface area (Å²) in [7, 11) is 0. The maximum atomic E-state index is 11.3. The van der Waals surface area contributed by atoms with E-state index in [0.29, 0.717) is 6.42 Å². The normalized spacial score (nSPS) is 17.5. The van der Waals surface area contributed by atoms with Gasteiger partial charge in [-0.15, -0.1) is 0 Å². The predicted molar refractivity (Wildman–Crippen MR) is 95.8 cm³/mol. The lowest BCUT2D eigenvalue weighted by molar-refractivity contribution is -0.156. The molecule has 0 radical (unpaired) electrons. The summed E-state index contributed by atoms with van der Waals surface area (Å²) >= 11 is 0. The molecular weight excluding hydrogens is 288 g/mol. The highest BCUT2D eigenvalue weighted by atomic mass is 16.5. The SMILES string of the molecule is CC(C)CCCCCCCCCC(OC1CCCCC1)C(=O)O. The summed E-state index contributed by atoms with van der Waals surface area (Å²) in [5.74, 6) is 0.0522. The number of hydrogen-bond acceptors (Lipinski definition) is 2. The predicted octanol–water partition coefficient (Wildman–Crippen LogP) is 5.96. The topological polar surface area (TPSA) is 46.5 Å². The van der Waals surface area contributed by atoms with Crippen LogP contribution in [-0.2, 0) is 9.53 Å². The summed E-state index contributed by atoms with van der Waals surface area (Å²) in [6.07, 6.45) is 16.0. The van der Waals surface area contributed by atoms with Gasteiger partial charge in [0.2, 0.25) is 0 Å². The minimum Gasteiger partial charge on any atom is -0.479 e. The van der Waals surface area contributed by atoms with Gasteiger partial charge in [-0.05, 0) is 25.2 Å². The standard InChI is InChI=1S/C20H38O3/c1-17(2)13-9-6-4-3-5-7-12-16-19(20(21)22)23-18-14-10-8-11-15-18/h17-19H,3-16H2,1-2H3,(H,21,22). The number of ether oxygens (including phenoxy) is 1. The first-order chi connectivity index (χ1) is 11.1. The van der Waals surface area contributed by atoms with Gasteiger partial charge >= 0.3 is 5.97 Å². The first-order valence-corrected chi connectivity index (χ1v) is 9.98. The molecule has 1 unspecified atom stereocenters. The molecular formula is C20H38O3. The Balaban J connectivity index is 2.01. The Hall–Kier alpha value is -0.570. The Morgan fingerprint density at radius 1 is 0.913 bits per heavy atom. The molecule has 0 aromatic heterocycles. The third-order valence-corrected chi connectivity index (χ3v) is 4.93. The number of rotatable bonds is 13. The maximum Gasteiger partial charge on any atom is 0.332 e. The number of aliphatic carboxylic acids is 1. The quantitative estimate of drug-likeness (QED) is 0.425. The average molecular weight is 327 g/mol. The zero-order valence-corrected chi connectivity index (χ0v) is 15.4. The van der Waals surface area contributed by atoms with Crippen LogP contribution in [0.3, 0.4) is 0 Å². The highest BCUT2D eigenvalue weighted by Crippen LogP contribution is 2.23. The van der Waals surface area contributed by atoms with Crippen molar-refractivity contribution in [2.45, 2.75) is 116 Å². The van der Waals surface area contributed by atoms with Gasteiger partial charge in [0, 0.05) is 0 Å². The molecule has 1 saturated carbocycles. The fourth-order valence-corrected chi connectivity index (χ4v) is 3.45. The highest BCUT2D eigenvalue weighted by Gasteiger charge is 2.23. The average Bonchev–Trinajstić information content (AvgIpc) is 2.52.